The van der Waals surface area contributed by atoms with Gasteiger partial charge in [0.1, 0.15) is 6.61 Å². The van der Waals surface area contributed by atoms with Gasteiger partial charge in [-0.15, -0.1) is 0 Å². The lowest BCUT2D eigenvalue weighted by Crippen LogP contribution is -2.53. The van der Waals surface area contributed by atoms with Crippen molar-refractivity contribution < 1.29 is 19.4 Å². The Morgan fingerprint density at radius 3 is 2.69 bits per heavy atom. The first-order valence-corrected chi connectivity index (χ1v) is 12.9. The van der Waals surface area contributed by atoms with Gasteiger partial charge in [0.2, 0.25) is 11.8 Å². The van der Waals surface area contributed by atoms with Gasteiger partial charge in [0, 0.05) is 43.2 Å². The van der Waals surface area contributed by atoms with Gasteiger partial charge in [0.25, 0.3) is 0 Å². The molecule has 0 radical (unpaired) electrons. The minimum absolute atomic E-state index is 0.0275. The summed E-state index contributed by atoms with van der Waals surface area (Å²) in [5.41, 5.74) is 1.35. The zero-order chi connectivity index (χ0) is 25.3. The van der Waals surface area contributed by atoms with Crippen LogP contribution in [0.5, 0.6) is 0 Å². The normalized spacial score (nSPS) is 29.6. The Morgan fingerprint density at radius 1 is 1.14 bits per heavy atom. The molecule has 2 aliphatic rings. The molecule has 7 nitrogen and oxygen atoms in total. The number of hydrogen-bond donors (Lipinski definition) is 4. The van der Waals surface area contributed by atoms with Crippen molar-refractivity contribution in [2.75, 3.05) is 20.3 Å². The monoisotopic (exact) mass is 483 g/mol. The fourth-order valence-electron chi connectivity index (χ4n) is 6.91. The molecule has 2 saturated carbocycles. The van der Waals surface area contributed by atoms with Gasteiger partial charge < -0.3 is 25.5 Å². The van der Waals surface area contributed by atoms with Crippen LogP contribution in [0.4, 0.5) is 0 Å². The number of amides is 2. The van der Waals surface area contributed by atoms with Crippen LogP contribution >= 0.6 is 0 Å². The summed E-state index contributed by atoms with van der Waals surface area (Å²) in [6.45, 7) is 7.01. The molecule has 2 amide bonds. The minimum Gasteiger partial charge on any atom is -0.390 e. The van der Waals surface area contributed by atoms with Crippen molar-refractivity contribution in [1.82, 2.24) is 15.6 Å². The third-order valence-electron chi connectivity index (χ3n) is 8.65. The van der Waals surface area contributed by atoms with Crippen LogP contribution in [0.3, 0.4) is 0 Å². The van der Waals surface area contributed by atoms with Gasteiger partial charge in [-0.1, -0.05) is 32.0 Å². The highest BCUT2D eigenvalue weighted by Gasteiger charge is 2.61. The number of carbonyl (C=O) groups is 2. The van der Waals surface area contributed by atoms with Crippen LogP contribution in [0.1, 0.15) is 64.9 Å². The van der Waals surface area contributed by atoms with Crippen LogP contribution in [0.2, 0.25) is 0 Å². The number of aromatic nitrogens is 1. The first-order valence-electron chi connectivity index (χ1n) is 12.9. The van der Waals surface area contributed by atoms with Crippen molar-refractivity contribution in [2.45, 2.75) is 77.4 Å². The number of para-hydroxylation sites is 1. The van der Waals surface area contributed by atoms with Gasteiger partial charge in [-0.2, -0.15) is 0 Å². The van der Waals surface area contributed by atoms with Gasteiger partial charge in [-0.25, -0.2) is 0 Å². The zero-order valence-electron chi connectivity index (χ0n) is 21.6. The lowest BCUT2D eigenvalue weighted by molar-refractivity contribution is -0.128. The molecule has 1 aromatic carbocycles. The van der Waals surface area contributed by atoms with Crippen LogP contribution in [0.15, 0.2) is 30.5 Å². The number of aliphatic hydroxyl groups is 1. The molecule has 0 bridgehead atoms. The molecule has 4 rings (SSSR count). The largest absolute Gasteiger partial charge is 0.390 e. The number of benzene rings is 1. The van der Waals surface area contributed by atoms with E-state index in [0.29, 0.717) is 32.2 Å². The van der Waals surface area contributed by atoms with Crippen LogP contribution < -0.4 is 10.6 Å². The molecule has 1 aromatic heterocycles. The third-order valence-corrected chi connectivity index (χ3v) is 8.65. The Morgan fingerprint density at radius 2 is 1.91 bits per heavy atom. The first-order chi connectivity index (χ1) is 16.6. The second-order valence-corrected chi connectivity index (χ2v) is 11.7. The number of aromatic amines is 1. The van der Waals surface area contributed by atoms with E-state index in [4.69, 9.17) is 4.74 Å². The molecule has 0 saturated heterocycles. The van der Waals surface area contributed by atoms with E-state index in [9.17, 15) is 14.7 Å². The number of nitrogens with one attached hydrogen (secondary N) is 3. The molecule has 0 spiro atoms. The maximum absolute atomic E-state index is 12.9. The molecule has 2 aliphatic carbocycles. The molecule has 192 valence electrons. The summed E-state index contributed by atoms with van der Waals surface area (Å²) in [5.74, 6) is 0.154. The molecule has 7 heteroatoms. The second kappa shape index (κ2) is 9.94. The number of methoxy groups -OCH3 is 1. The Balaban J connectivity index is 1.41. The van der Waals surface area contributed by atoms with Crippen molar-refractivity contribution in [3.63, 3.8) is 0 Å². The van der Waals surface area contributed by atoms with Crippen molar-refractivity contribution in [3.05, 3.63) is 36.0 Å². The highest BCUT2D eigenvalue weighted by molar-refractivity contribution is 5.83. The van der Waals surface area contributed by atoms with Crippen molar-refractivity contribution >= 4 is 22.7 Å². The van der Waals surface area contributed by atoms with Crippen LogP contribution in [-0.2, 0) is 20.7 Å². The predicted octanol–water partition coefficient (Wildman–Crippen LogP) is 3.71. The Hall–Kier alpha value is -2.38. The summed E-state index contributed by atoms with van der Waals surface area (Å²) in [4.78, 5) is 28.7. The number of rotatable bonds is 9. The van der Waals surface area contributed by atoms with Gasteiger partial charge in [0.15, 0.2) is 0 Å². The Labute approximate surface area is 208 Å². The van der Waals surface area contributed by atoms with Crippen molar-refractivity contribution in [2.24, 2.45) is 16.7 Å². The van der Waals surface area contributed by atoms with E-state index >= 15 is 0 Å². The second-order valence-electron chi connectivity index (χ2n) is 11.7. The fraction of sp³-hybridized carbons (Fsp3) is 0.643. The maximum Gasteiger partial charge on any atom is 0.246 e. The topological polar surface area (TPSA) is 103 Å². The van der Waals surface area contributed by atoms with Crippen molar-refractivity contribution in [1.29, 1.82) is 0 Å². The lowest BCUT2D eigenvalue weighted by Gasteiger charge is -2.50. The summed E-state index contributed by atoms with van der Waals surface area (Å²) < 4.78 is 5.05. The molecule has 2 fully saturated rings. The number of hydrogen-bond acceptors (Lipinski definition) is 4. The smallest absolute Gasteiger partial charge is 0.246 e. The fourth-order valence-corrected chi connectivity index (χ4v) is 6.91. The summed E-state index contributed by atoms with van der Waals surface area (Å²) in [7, 11) is 1.52. The number of H-pyrrole nitrogens is 1. The van der Waals surface area contributed by atoms with E-state index in [1.54, 1.807) is 0 Å². The van der Waals surface area contributed by atoms with Crippen LogP contribution in [0.25, 0.3) is 10.9 Å². The molecule has 35 heavy (non-hydrogen) atoms. The van der Waals surface area contributed by atoms with Crippen LogP contribution in [0, 0.1) is 16.7 Å². The highest BCUT2D eigenvalue weighted by atomic mass is 16.5. The molecule has 4 atom stereocenters. The predicted molar refractivity (Wildman–Crippen MR) is 137 cm³/mol. The van der Waals surface area contributed by atoms with Gasteiger partial charge in [-0.05, 0) is 73.8 Å². The van der Waals surface area contributed by atoms with Gasteiger partial charge in [-0.3, -0.25) is 9.59 Å². The minimum atomic E-state index is -0.710. The van der Waals surface area contributed by atoms with E-state index in [0.717, 1.165) is 24.8 Å². The average molecular weight is 484 g/mol. The number of carbonyl (C=O) groups excluding carboxylic acids is 2. The van der Waals surface area contributed by atoms with Crippen LogP contribution in [-0.4, -0.2) is 53.8 Å². The summed E-state index contributed by atoms with van der Waals surface area (Å²) in [6, 6.07) is 8.16. The molecule has 1 heterocycles. The summed E-state index contributed by atoms with van der Waals surface area (Å²) >= 11 is 0. The summed E-state index contributed by atoms with van der Waals surface area (Å²) in [6.07, 6.45) is 6.92. The van der Waals surface area contributed by atoms with E-state index in [1.807, 2.05) is 25.3 Å². The quantitative estimate of drug-likeness (QED) is 0.437. The van der Waals surface area contributed by atoms with Crippen molar-refractivity contribution in [3.8, 4) is 0 Å². The molecule has 4 N–H and O–H groups in total. The molecule has 2 aromatic rings. The average Bonchev–Trinajstić information content (AvgIpc) is 3.29. The Bertz CT molecular complexity index is 1060. The molecule has 4 unspecified atom stereocenters. The maximum atomic E-state index is 12.9. The Kier molecular flexibility index (Phi) is 7.30. The zero-order valence-corrected chi connectivity index (χ0v) is 21.6. The van der Waals surface area contributed by atoms with E-state index < -0.39 is 5.60 Å². The third kappa shape index (κ3) is 5.41. The van der Waals surface area contributed by atoms with Gasteiger partial charge in [0.05, 0.1) is 5.60 Å². The molecular weight excluding hydrogens is 442 g/mol. The SMILES string of the molecule is COCC(=O)NC1CC(C)(C)C2CC(C)(O)CCC12CCC(=O)NCCc1c[nH]c2ccccc12. The number of fused-ring (bicyclic) bond motifs is 2. The molecule has 0 aliphatic heterocycles. The standard InChI is InChI=1S/C28H41N3O4/c1-26(2)16-23(31-25(33)18-35-4)28(13-12-27(3,34)15-22(26)28)11-9-24(32)29-14-10-19-17-30-21-8-6-5-7-20(19)21/h5-8,17,22-23,30,34H,9-16,18H2,1-4H3,(H,29,32)(H,31,33). The molecular formula is C28H41N3O4. The first kappa shape index (κ1) is 25.7. The van der Waals surface area contributed by atoms with Gasteiger partial charge >= 0.3 is 0 Å². The lowest BCUT2D eigenvalue weighted by atomic mass is 9.57. The van der Waals surface area contributed by atoms with E-state index in [2.05, 4.69) is 41.6 Å². The van der Waals surface area contributed by atoms with E-state index in [1.165, 1.54) is 18.1 Å². The van der Waals surface area contributed by atoms with E-state index in [-0.39, 0.29) is 41.2 Å². The highest BCUT2D eigenvalue weighted by Crippen LogP contribution is 2.63. The number of ether oxygens (including phenoxy) is 1. The summed E-state index contributed by atoms with van der Waals surface area (Å²) in [5, 5.41) is 18.4.